The number of carbonyl (C=O) groups excluding carboxylic acids is 1. The molecule has 0 bridgehead atoms. The monoisotopic (exact) mass is 456 g/mol. The Morgan fingerprint density at radius 1 is 0.516 bits per heavy atom. The summed E-state index contributed by atoms with van der Waals surface area (Å²) in [6.45, 7) is 7.87. The van der Waals surface area contributed by atoms with Crippen LogP contribution < -0.4 is 11.3 Å². The van der Waals surface area contributed by atoms with Crippen LogP contribution in [0.4, 0.5) is 0 Å². The first-order valence-corrected chi connectivity index (χ1v) is 10.4. The zero-order valence-corrected chi connectivity index (χ0v) is 18.7. The van der Waals surface area contributed by atoms with Crippen LogP contribution in [0.2, 0.25) is 0 Å². The van der Waals surface area contributed by atoms with Gasteiger partial charge in [0.25, 0.3) is 5.91 Å². The summed E-state index contributed by atoms with van der Waals surface area (Å²) in [7, 11) is 1.64. The minimum Gasteiger partial charge on any atom is -0.382 e. The Kier molecular flexibility index (Phi) is 26.3. The second kappa shape index (κ2) is 27.1. The molecule has 186 valence electrons. The molecule has 0 saturated carbocycles. The molecule has 31 heavy (non-hydrogen) atoms. The van der Waals surface area contributed by atoms with E-state index in [4.69, 9.17) is 48.5 Å². The lowest BCUT2D eigenvalue weighted by molar-refractivity contribution is -0.126. The number of rotatable bonds is 26. The second-order valence-electron chi connectivity index (χ2n) is 5.90. The first-order valence-electron chi connectivity index (χ1n) is 10.4. The van der Waals surface area contributed by atoms with Gasteiger partial charge in [-0.2, -0.15) is 0 Å². The van der Waals surface area contributed by atoms with Crippen LogP contribution in [-0.4, -0.2) is 125 Å². The van der Waals surface area contributed by atoms with Gasteiger partial charge in [-0.15, -0.1) is 0 Å². The average molecular weight is 457 g/mol. The highest BCUT2D eigenvalue weighted by molar-refractivity contribution is 5.76. The fraction of sp³-hybridized carbons (Fsp3) is 0.947. The number of amides is 1. The predicted molar refractivity (Wildman–Crippen MR) is 111 cm³/mol. The minimum atomic E-state index is -0.375. The van der Waals surface area contributed by atoms with Gasteiger partial charge in [0.15, 0.2) is 0 Å². The maximum atomic E-state index is 10.8. The van der Waals surface area contributed by atoms with Gasteiger partial charge in [0.1, 0.15) is 6.61 Å². The zero-order valence-electron chi connectivity index (χ0n) is 18.7. The van der Waals surface area contributed by atoms with Gasteiger partial charge in [-0.1, -0.05) is 0 Å². The van der Waals surface area contributed by atoms with Crippen LogP contribution in [0.1, 0.15) is 0 Å². The lowest BCUT2D eigenvalue weighted by Crippen LogP contribution is -2.33. The lowest BCUT2D eigenvalue weighted by Gasteiger charge is -2.08. The molecule has 0 aromatic rings. The van der Waals surface area contributed by atoms with Gasteiger partial charge in [-0.05, 0) is 0 Å². The molecule has 0 aromatic carbocycles. The molecule has 0 spiro atoms. The second-order valence-corrected chi connectivity index (χ2v) is 5.90. The van der Waals surface area contributed by atoms with Crippen molar-refractivity contribution < 1.29 is 47.4 Å². The zero-order chi connectivity index (χ0) is 22.7. The molecule has 12 heteroatoms. The summed E-state index contributed by atoms with van der Waals surface area (Å²) in [6, 6.07) is 0. The molecule has 12 nitrogen and oxygen atoms in total. The smallest absolute Gasteiger partial charge is 0.259 e. The maximum Gasteiger partial charge on any atom is 0.259 e. The van der Waals surface area contributed by atoms with Gasteiger partial charge in [-0.3, -0.25) is 10.2 Å². The number of methoxy groups -OCH3 is 1. The van der Waals surface area contributed by atoms with Crippen molar-refractivity contribution in [2.75, 3.05) is 119 Å². The van der Waals surface area contributed by atoms with Crippen LogP contribution in [0.15, 0.2) is 0 Å². The van der Waals surface area contributed by atoms with Crippen molar-refractivity contribution in [2.45, 2.75) is 0 Å². The third kappa shape index (κ3) is 27.0. The van der Waals surface area contributed by atoms with Crippen molar-refractivity contribution in [3.63, 3.8) is 0 Å². The third-order valence-corrected chi connectivity index (χ3v) is 3.43. The number of ether oxygens (including phenoxy) is 9. The molecular formula is C19H40N2O10. The molecule has 0 aliphatic heterocycles. The molecule has 0 rings (SSSR count). The summed E-state index contributed by atoms with van der Waals surface area (Å²) in [5.74, 6) is 4.54. The van der Waals surface area contributed by atoms with Crippen molar-refractivity contribution in [3.8, 4) is 0 Å². The van der Waals surface area contributed by atoms with E-state index in [1.54, 1.807) is 7.11 Å². The molecule has 0 aromatic heterocycles. The topological polar surface area (TPSA) is 138 Å². The quantitative estimate of drug-likeness (QED) is 0.0699. The molecule has 0 aliphatic carbocycles. The Morgan fingerprint density at radius 2 is 0.774 bits per heavy atom. The molecule has 3 N–H and O–H groups in total. The van der Waals surface area contributed by atoms with Crippen LogP contribution in [-0.2, 0) is 47.4 Å². The standard InChI is InChI=1S/C19H40N2O10/c1-23-2-3-24-4-5-25-6-7-26-8-9-27-10-11-28-12-13-29-14-15-30-16-17-31-18-19(22)21-20/h2-18,20H2,1H3,(H,21,22). The molecule has 0 radical (unpaired) electrons. The molecular weight excluding hydrogens is 416 g/mol. The Hall–Kier alpha value is -0.930. The van der Waals surface area contributed by atoms with Crippen molar-refractivity contribution in [2.24, 2.45) is 5.84 Å². The normalized spacial score (nSPS) is 11.2. The van der Waals surface area contributed by atoms with E-state index >= 15 is 0 Å². The van der Waals surface area contributed by atoms with E-state index in [1.165, 1.54) is 0 Å². The van der Waals surface area contributed by atoms with E-state index in [0.29, 0.717) is 106 Å². The van der Waals surface area contributed by atoms with Gasteiger partial charge in [-0.25, -0.2) is 5.84 Å². The molecule has 0 unspecified atom stereocenters. The first-order chi connectivity index (χ1) is 15.3. The molecule has 0 aliphatic rings. The number of nitrogens with one attached hydrogen (secondary N) is 1. The summed E-state index contributed by atoms with van der Waals surface area (Å²) in [5.41, 5.74) is 1.97. The Bertz CT molecular complexity index is 367. The van der Waals surface area contributed by atoms with Gasteiger partial charge >= 0.3 is 0 Å². The fourth-order valence-corrected chi connectivity index (χ4v) is 1.89. The summed E-state index contributed by atoms with van der Waals surface area (Å²) in [6.07, 6.45) is 0. The van der Waals surface area contributed by atoms with Crippen LogP contribution in [0.25, 0.3) is 0 Å². The first kappa shape index (κ1) is 30.1. The van der Waals surface area contributed by atoms with E-state index in [2.05, 4.69) is 0 Å². The van der Waals surface area contributed by atoms with E-state index in [9.17, 15) is 4.79 Å². The van der Waals surface area contributed by atoms with E-state index in [1.807, 2.05) is 5.43 Å². The van der Waals surface area contributed by atoms with Crippen LogP contribution in [0.5, 0.6) is 0 Å². The van der Waals surface area contributed by atoms with Crippen LogP contribution in [0, 0.1) is 0 Å². The van der Waals surface area contributed by atoms with Crippen molar-refractivity contribution in [1.82, 2.24) is 5.43 Å². The van der Waals surface area contributed by atoms with E-state index < -0.39 is 0 Å². The Labute approximate surface area is 184 Å². The van der Waals surface area contributed by atoms with Crippen molar-refractivity contribution in [3.05, 3.63) is 0 Å². The van der Waals surface area contributed by atoms with Crippen LogP contribution in [0.3, 0.4) is 0 Å². The van der Waals surface area contributed by atoms with Crippen molar-refractivity contribution in [1.29, 1.82) is 0 Å². The number of hydrogen-bond acceptors (Lipinski definition) is 11. The molecule has 0 atom stereocenters. The minimum absolute atomic E-state index is 0.0775. The molecule has 1 amide bonds. The van der Waals surface area contributed by atoms with Gasteiger partial charge in [0, 0.05) is 7.11 Å². The van der Waals surface area contributed by atoms with Gasteiger partial charge < -0.3 is 42.6 Å². The van der Waals surface area contributed by atoms with E-state index in [-0.39, 0.29) is 12.5 Å². The number of hydrogen-bond donors (Lipinski definition) is 2. The van der Waals surface area contributed by atoms with Gasteiger partial charge in [0.05, 0.1) is 106 Å². The van der Waals surface area contributed by atoms with Crippen LogP contribution >= 0.6 is 0 Å². The Morgan fingerprint density at radius 3 is 1.03 bits per heavy atom. The summed E-state index contributed by atoms with van der Waals surface area (Å²) < 4.78 is 47.4. The largest absolute Gasteiger partial charge is 0.382 e. The highest BCUT2D eigenvalue weighted by atomic mass is 16.6. The number of nitrogens with two attached hydrogens (primary N) is 1. The summed E-state index contributed by atoms with van der Waals surface area (Å²) in [4.78, 5) is 10.8. The average Bonchev–Trinajstić information content (AvgIpc) is 2.78. The molecule has 0 fully saturated rings. The third-order valence-electron chi connectivity index (χ3n) is 3.43. The fourth-order valence-electron chi connectivity index (χ4n) is 1.89. The van der Waals surface area contributed by atoms with E-state index in [0.717, 1.165) is 0 Å². The maximum absolute atomic E-state index is 10.8. The summed E-state index contributed by atoms with van der Waals surface area (Å²) >= 11 is 0. The number of hydrazine groups is 1. The molecule has 0 saturated heterocycles. The summed E-state index contributed by atoms with van der Waals surface area (Å²) in [5, 5.41) is 0. The predicted octanol–water partition coefficient (Wildman–Crippen LogP) is -1.24. The number of carbonyl (C=O) groups is 1. The van der Waals surface area contributed by atoms with Gasteiger partial charge in [0.2, 0.25) is 0 Å². The lowest BCUT2D eigenvalue weighted by atomic mass is 10.6. The highest BCUT2D eigenvalue weighted by Crippen LogP contribution is 1.85. The SMILES string of the molecule is COCCOCCOCCOCCOCCOCCOCCOCCOCC(=O)NN. The molecule has 0 heterocycles. The highest BCUT2D eigenvalue weighted by Gasteiger charge is 1.97. The van der Waals surface area contributed by atoms with Crippen molar-refractivity contribution >= 4 is 5.91 Å². The Balaban J connectivity index is 3.01.